The number of rotatable bonds is 2. The maximum Gasteiger partial charge on any atom is 0.325 e. The number of carboxylic acid groups (broad SMARTS) is 2. The molecule has 0 aromatic rings. The lowest BCUT2D eigenvalue weighted by Crippen LogP contribution is -2.25. The van der Waals surface area contributed by atoms with E-state index in [0.29, 0.717) is 0 Å². The minimum absolute atomic E-state index is 0.0671. The van der Waals surface area contributed by atoms with E-state index in [4.69, 9.17) is 10.2 Å². The summed E-state index contributed by atoms with van der Waals surface area (Å²) in [6.45, 7) is 3.30. The lowest BCUT2D eigenvalue weighted by molar-refractivity contribution is -0.155. The Morgan fingerprint density at radius 1 is 1.40 bits per heavy atom. The van der Waals surface area contributed by atoms with Crippen molar-refractivity contribution in [2.24, 2.45) is 5.41 Å². The van der Waals surface area contributed by atoms with Crippen LogP contribution in [0.1, 0.15) is 6.42 Å². The van der Waals surface area contributed by atoms with E-state index in [9.17, 15) is 9.59 Å². The average Bonchev–Trinajstić information content (AvgIpc) is 2.42. The van der Waals surface area contributed by atoms with E-state index < -0.39 is 17.4 Å². The van der Waals surface area contributed by atoms with Crippen LogP contribution in [-0.2, 0) is 9.59 Å². The highest BCUT2D eigenvalue weighted by Crippen LogP contribution is 2.51. The Balaban J connectivity index is 2.94. The first-order valence-corrected chi connectivity index (χ1v) is 2.67. The van der Waals surface area contributed by atoms with Gasteiger partial charge in [-0.2, -0.15) is 0 Å². The SMILES string of the molecule is C=C1CC1(C(=O)O)C(=O)O. The van der Waals surface area contributed by atoms with Gasteiger partial charge >= 0.3 is 11.9 Å². The predicted molar refractivity (Wildman–Crippen MR) is 31.5 cm³/mol. The summed E-state index contributed by atoms with van der Waals surface area (Å²) in [6, 6.07) is 0. The Morgan fingerprint density at radius 3 is 1.70 bits per heavy atom. The van der Waals surface area contributed by atoms with Gasteiger partial charge in [-0.05, 0) is 5.57 Å². The quantitative estimate of drug-likeness (QED) is 0.423. The lowest BCUT2D eigenvalue weighted by Gasteiger charge is -1.99. The summed E-state index contributed by atoms with van der Waals surface area (Å²) in [5.74, 6) is -2.63. The van der Waals surface area contributed by atoms with Crippen LogP contribution in [0.3, 0.4) is 0 Å². The molecule has 0 bridgehead atoms. The van der Waals surface area contributed by atoms with Crippen LogP contribution in [0.25, 0.3) is 0 Å². The fourth-order valence-electron chi connectivity index (χ4n) is 0.821. The molecule has 0 heterocycles. The van der Waals surface area contributed by atoms with Crippen molar-refractivity contribution in [2.75, 3.05) is 0 Å². The molecule has 1 rings (SSSR count). The highest BCUT2D eigenvalue weighted by atomic mass is 16.4. The molecule has 1 aliphatic carbocycles. The second-order valence-electron chi connectivity index (χ2n) is 2.30. The van der Waals surface area contributed by atoms with E-state index in [0.717, 1.165) is 0 Å². The van der Waals surface area contributed by atoms with Crippen LogP contribution in [0.15, 0.2) is 12.2 Å². The summed E-state index contributed by atoms with van der Waals surface area (Å²) in [5.41, 5.74) is -1.38. The lowest BCUT2D eigenvalue weighted by atomic mass is 10.1. The minimum Gasteiger partial charge on any atom is -0.480 e. The molecule has 0 atom stereocenters. The Bertz CT molecular complexity index is 214. The van der Waals surface area contributed by atoms with Crippen molar-refractivity contribution in [3.63, 3.8) is 0 Å². The molecule has 10 heavy (non-hydrogen) atoms. The van der Waals surface area contributed by atoms with Gasteiger partial charge in [-0.3, -0.25) is 9.59 Å². The largest absolute Gasteiger partial charge is 0.480 e. The van der Waals surface area contributed by atoms with Crippen molar-refractivity contribution in [3.8, 4) is 0 Å². The molecule has 0 aromatic heterocycles. The molecule has 0 saturated heterocycles. The van der Waals surface area contributed by atoms with Crippen molar-refractivity contribution < 1.29 is 19.8 Å². The average molecular weight is 142 g/mol. The van der Waals surface area contributed by atoms with E-state index in [2.05, 4.69) is 6.58 Å². The summed E-state index contributed by atoms with van der Waals surface area (Å²) >= 11 is 0. The zero-order chi connectivity index (χ0) is 7.94. The molecular formula is C6H6O4. The normalized spacial score (nSPS) is 20.2. The Morgan fingerprint density at radius 2 is 1.70 bits per heavy atom. The predicted octanol–water partition coefficient (Wildman–Crippen LogP) is 0.102. The highest BCUT2D eigenvalue weighted by molar-refractivity contribution is 6.07. The van der Waals surface area contributed by atoms with Crippen molar-refractivity contribution >= 4 is 11.9 Å². The van der Waals surface area contributed by atoms with Crippen molar-refractivity contribution in [2.45, 2.75) is 6.42 Å². The van der Waals surface area contributed by atoms with E-state index >= 15 is 0 Å². The molecule has 0 unspecified atom stereocenters. The first kappa shape index (κ1) is 6.80. The maximum absolute atomic E-state index is 10.3. The number of carboxylic acids is 2. The molecular weight excluding hydrogens is 136 g/mol. The molecule has 0 aromatic carbocycles. The molecule has 1 fully saturated rings. The fraction of sp³-hybridized carbons (Fsp3) is 0.333. The molecule has 0 radical (unpaired) electrons. The number of hydrogen-bond donors (Lipinski definition) is 2. The summed E-state index contributed by atoms with van der Waals surface area (Å²) < 4.78 is 0. The Kier molecular flexibility index (Phi) is 1.08. The third-order valence-corrected chi connectivity index (χ3v) is 1.69. The van der Waals surface area contributed by atoms with Gasteiger partial charge < -0.3 is 10.2 Å². The van der Waals surface area contributed by atoms with Crippen molar-refractivity contribution in [3.05, 3.63) is 12.2 Å². The Labute approximate surface area is 56.8 Å². The van der Waals surface area contributed by atoms with Crippen LogP contribution in [0.5, 0.6) is 0 Å². The molecule has 54 valence electrons. The van der Waals surface area contributed by atoms with E-state index in [-0.39, 0.29) is 12.0 Å². The van der Waals surface area contributed by atoms with Gasteiger partial charge in [0.1, 0.15) is 0 Å². The van der Waals surface area contributed by atoms with Crippen molar-refractivity contribution in [1.82, 2.24) is 0 Å². The van der Waals surface area contributed by atoms with E-state index in [1.807, 2.05) is 0 Å². The Hall–Kier alpha value is -1.32. The van der Waals surface area contributed by atoms with Gasteiger partial charge in [-0.25, -0.2) is 0 Å². The van der Waals surface area contributed by atoms with Crippen LogP contribution in [0, 0.1) is 5.41 Å². The molecule has 4 nitrogen and oxygen atoms in total. The molecule has 0 spiro atoms. The number of aliphatic carboxylic acids is 2. The standard InChI is InChI=1S/C6H6O4/c1-3-2-6(3,4(7)8)5(9)10/h1-2H2,(H,7,8)(H,9,10). The van der Waals surface area contributed by atoms with Gasteiger partial charge in [0.2, 0.25) is 0 Å². The van der Waals surface area contributed by atoms with E-state index in [1.54, 1.807) is 0 Å². The first-order valence-electron chi connectivity index (χ1n) is 2.67. The third-order valence-electron chi connectivity index (χ3n) is 1.69. The first-order chi connectivity index (χ1) is 4.51. The minimum atomic E-state index is -1.65. The fourth-order valence-corrected chi connectivity index (χ4v) is 0.821. The van der Waals surface area contributed by atoms with Crippen LogP contribution in [0.2, 0.25) is 0 Å². The van der Waals surface area contributed by atoms with Crippen LogP contribution in [-0.4, -0.2) is 22.2 Å². The number of hydrogen-bond acceptors (Lipinski definition) is 2. The third kappa shape index (κ3) is 0.556. The summed E-state index contributed by atoms with van der Waals surface area (Å²) in [5, 5.41) is 16.8. The van der Waals surface area contributed by atoms with Gasteiger partial charge in [0.25, 0.3) is 0 Å². The molecule has 1 aliphatic rings. The highest BCUT2D eigenvalue weighted by Gasteiger charge is 2.61. The van der Waals surface area contributed by atoms with Gasteiger partial charge in [0.15, 0.2) is 5.41 Å². The van der Waals surface area contributed by atoms with Gasteiger partial charge in [-0.15, -0.1) is 0 Å². The number of carbonyl (C=O) groups is 2. The molecule has 0 aliphatic heterocycles. The molecule has 2 N–H and O–H groups in total. The van der Waals surface area contributed by atoms with Crippen LogP contribution < -0.4 is 0 Å². The summed E-state index contributed by atoms with van der Waals surface area (Å²) in [7, 11) is 0. The van der Waals surface area contributed by atoms with Crippen LogP contribution >= 0.6 is 0 Å². The topological polar surface area (TPSA) is 74.6 Å². The molecule has 0 amide bonds. The second kappa shape index (κ2) is 1.59. The van der Waals surface area contributed by atoms with Gasteiger partial charge in [0.05, 0.1) is 0 Å². The van der Waals surface area contributed by atoms with Gasteiger partial charge in [-0.1, -0.05) is 6.58 Å². The molecule has 4 heteroatoms. The van der Waals surface area contributed by atoms with E-state index in [1.165, 1.54) is 0 Å². The summed E-state index contributed by atoms with van der Waals surface area (Å²) in [6.07, 6.45) is 0.0671. The second-order valence-corrected chi connectivity index (χ2v) is 2.30. The van der Waals surface area contributed by atoms with Crippen LogP contribution in [0.4, 0.5) is 0 Å². The molecule has 1 saturated carbocycles. The monoisotopic (exact) mass is 142 g/mol. The zero-order valence-electron chi connectivity index (χ0n) is 5.13. The maximum atomic E-state index is 10.3. The smallest absolute Gasteiger partial charge is 0.325 e. The zero-order valence-corrected chi connectivity index (χ0v) is 5.13. The van der Waals surface area contributed by atoms with Crippen molar-refractivity contribution in [1.29, 1.82) is 0 Å². The van der Waals surface area contributed by atoms with Gasteiger partial charge in [0, 0.05) is 6.42 Å². The summed E-state index contributed by atoms with van der Waals surface area (Å²) in [4.78, 5) is 20.6.